The predicted octanol–water partition coefficient (Wildman–Crippen LogP) is 4.33. The molecular weight excluding hydrogens is 639 g/mol. The lowest BCUT2D eigenvalue weighted by Gasteiger charge is -2.51. The van der Waals surface area contributed by atoms with Crippen LogP contribution in [0.3, 0.4) is 0 Å². The van der Waals surface area contributed by atoms with Gasteiger partial charge in [0.1, 0.15) is 17.2 Å². The summed E-state index contributed by atoms with van der Waals surface area (Å²) < 4.78 is 10.9. The van der Waals surface area contributed by atoms with Gasteiger partial charge in [-0.1, -0.05) is 45.8 Å². The number of hydrogen-bond donors (Lipinski definition) is 1. The lowest BCUT2D eigenvalue weighted by molar-refractivity contribution is -0.138. The molecule has 6 atom stereocenters. The number of likely N-dealkylation sites (tertiary alicyclic amines) is 1. The predicted molar refractivity (Wildman–Crippen MR) is 153 cm³/mol. The van der Waals surface area contributed by atoms with Crippen molar-refractivity contribution < 1.29 is 33.8 Å². The average molecular weight is 664 g/mol. The molecule has 1 saturated carbocycles. The molecule has 2 saturated heterocycles. The molecule has 2 aromatic rings. The topological polar surface area (TPSA) is 113 Å². The Labute approximate surface area is 254 Å². The van der Waals surface area contributed by atoms with Crippen LogP contribution >= 0.6 is 39.1 Å². The third-order valence-corrected chi connectivity index (χ3v) is 10.8. The fourth-order valence-electron chi connectivity index (χ4n) is 7.07. The van der Waals surface area contributed by atoms with Crippen molar-refractivity contribution in [2.45, 2.75) is 28.5 Å². The number of carbonyl (C=O) groups is 4. The van der Waals surface area contributed by atoms with Gasteiger partial charge in [0.25, 0.3) is 11.8 Å². The number of halogens is 3. The van der Waals surface area contributed by atoms with Gasteiger partial charge in [-0.05, 0) is 30.9 Å². The number of benzene rings is 2. The van der Waals surface area contributed by atoms with Crippen LogP contribution in [0.5, 0.6) is 17.2 Å². The summed E-state index contributed by atoms with van der Waals surface area (Å²) in [6.07, 6.45) is 1.84. The highest BCUT2D eigenvalue weighted by atomic mass is 79.9. The Morgan fingerprint density at radius 1 is 1.00 bits per heavy atom. The van der Waals surface area contributed by atoms with Crippen molar-refractivity contribution in [3.8, 4) is 17.2 Å². The van der Waals surface area contributed by atoms with Gasteiger partial charge in [0.15, 0.2) is 9.75 Å². The van der Waals surface area contributed by atoms with Gasteiger partial charge >= 0.3 is 0 Å². The van der Waals surface area contributed by atoms with Crippen LogP contribution in [0.4, 0.5) is 5.69 Å². The molecule has 2 aliphatic carbocycles. The summed E-state index contributed by atoms with van der Waals surface area (Å²) in [5.41, 5.74) is 0.980. The van der Waals surface area contributed by atoms with Crippen LogP contribution in [-0.4, -0.2) is 63.1 Å². The largest absolute Gasteiger partial charge is 0.507 e. The monoisotopic (exact) mass is 662 g/mol. The van der Waals surface area contributed by atoms with E-state index in [9.17, 15) is 24.3 Å². The molecule has 0 aromatic heterocycles. The number of nitrogens with zero attached hydrogens (tertiary/aromatic N) is 2. The number of imide groups is 2. The van der Waals surface area contributed by atoms with E-state index >= 15 is 0 Å². The number of hydrogen-bond acceptors (Lipinski definition) is 7. The molecule has 2 aromatic carbocycles. The minimum Gasteiger partial charge on any atom is -0.507 e. The van der Waals surface area contributed by atoms with E-state index in [0.717, 1.165) is 4.90 Å². The summed E-state index contributed by atoms with van der Waals surface area (Å²) >= 11 is 17.7. The van der Waals surface area contributed by atoms with E-state index in [1.807, 2.05) is 0 Å². The molecule has 3 fully saturated rings. The zero-order valence-electron chi connectivity index (χ0n) is 22.0. The van der Waals surface area contributed by atoms with Crippen molar-refractivity contribution in [2.75, 3.05) is 24.6 Å². The second-order valence-corrected chi connectivity index (χ2v) is 12.3. The highest BCUT2D eigenvalue weighted by molar-refractivity contribution is 9.09. The van der Waals surface area contributed by atoms with Crippen molar-refractivity contribution >= 4 is 68.4 Å². The summed E-state index contributed by atoms with van der Waals surface area (Å²) in [4.78, 5) is 53.4. The zero-order valence-corrected chi connectivity index (χ0v) is 25.1. The number of carbonyl (C=O) groups excluding carboxylic acids is 4. The van der Waals surface area contributed by atoms with Crippen LogP contribution in [0.25, 0.3) is 0 Å². The van der Waals surface area contributed by atoms with E-state index < -0.39 is 51.1 Å². The third-order valence-electron chi connectivity index (χ3n) is 8.87. The fraction of sp³-hybridized carbons (Fsp3) is 0.379. The molecule has 4 aliphatic rings. The quantitative estimate of drug-likeness (QED) is 0.219. The summed E-state index contributed by atoms with van der Waals surface area (Å²) in [5, 5.41) is 11.3. The van der Waals surface area contributed by atoms with Gasteiger partial charge in [0.05, 0.1) is 37.2 Å². The van der Waals surface area contributed by atoms with Crippen LogP contribution in [0.1, 0.15) is 24.3 Å². The van der Waals surface area contributed by atoms with Crippen molar-refractivity contribution in [3.05, 3.63) is 59.7 Å². The number of methoxy groups -OCH3 is 2. The minimum atomic E-state index is -2.07. The highest BCUT2D eigenvalue weighted by Gasteiger charge is 2.76. The molecule has 6 rings (SSSR count). The first kappa shape index (κ1) is 28.1. The summed E-state index contributed by atoms with van der Waals surface area (Å²) in [6, 6.07) is 11.5. The zero-order chi connectivity index (χ0) is 29.4. The molecular formula is C29H25BrCl2N2O7. The molecule has 0 radical (unpaired) electrons. The molecule has 4 amide bonds. The second kappa shape index (κ2) is 9.74. The Morgan fingerprint density at radius 2 is 1.71 bits per heavy atom. The van der Waals surface area contributed by atoms with E-state index in [1.54, 1.807) is 36.4 Å². The Balaban J connectivity index is 1.57. The molecule has 2 aliphatic heterocycles. The van der Waals surface area contributed by atoms with Crippen molar-refractivity contribution in [2.24, 2.45) is 17.8 Å². The molecule has 0 bridgehead atoms. The minimum absolute atomic E-state index is 0.136. The van der Waals surface area contributed by atoms with Gasteiger partial charge in [-0.25, -0.2) is 0 Å². The number of fused-ring (bicyclic) bond motifs is 4. The van der Waals surface area contributed by atoms with Gasteiger partial charge in [-0.15, -0.1) is 23.2 Å². The third kappa shape index (κ3) is 3.59. The smallest absolute Gasteiger partial charge is 0.254 e. The molecule has 0 unspecified atom stereocenters. The Hall–Kier alpha value is -3.08. The van der Waals surface area contributed by atoms with Gasteiger partial charge < -0.3 is 14.6 Å². The summed E-state index contributed by atoms with van der Waals surface area (Å²) in [7, 11) is 2.82. The maximum Gasteiger partial charge on any atom is 0.254 e. The maximum absolute atomic E-state index is 14.0. The maximum atomic E-state index is 14.0. The highest BCUT2D eigenvalue weighted by Crippen LogP contribution is 2.67. The number of amides is 4. The Bertz CT molecular complexity index is 1530. The van der Waals surface area contributed by atoms with Crippen molar-refractivity contribution in [3.63, 3.8) is 0 Å². The van der Waals surface area contributed by atoms with Crippen LogP contribution < -0.4 is 14.4 Å². The van der Waals surface area contributed by atoms with Crippen LogP contribution in [-0.2, 0) is 19.2 Å². The lowest BCUT2D eigenvalue weighted by atomic mass is 9.56. The first-order valence-electron chi connectivity index (χ1n) is 12.9. The van der Waals surface area contributed by atoms with Gasteiger partial charge in [0.2, 0.25) is 11.8 Å². The number of rotatable bonds is 5. The van der Waals surface area contributed by atoms with E-state index in [4.69, 9.17) is 32.7 Å². The number of aromatic hydroxyl groups is 1. The average Bonchev–Trinajstić information content (AvgIpc) is 3.31. The van der Waals surface area contributed by atoms with Gasteiger partial charge in [-0.2, -0.15) is 0 Å². The lowest BCUT2D eigenvalue weighted by Crippen LogP contribution is -2.60. The van der Waals surface area contributed by atoms with Crippen molar-refractivity contribution in [1.29, 1.82) is 0 Å². The molecule has 9 nitrogen and oxygen atoms in total. The first-order chi connectivity index (χ1) is 19.5. The van der Waals surface area contributed by atoms with Gasteiger partial charge in [-0.3, -0.25) is 29.0 Å². The van der Waals surface area contributed by atoms with E-state index in [-0.39, 0.29) is 41.3 Å². The van der Waals surface area contributed by atoms with Crippen LogP contribution in [0.2, 0.25) is 0 Å². The normalized spacial score (nSPS) is 32.5. The van der Waals surface area contributed by atoms with Crippen molar-refractivity contribution in [1.82, 2.24) is 4.90 Å². The van der Waals surface area contributed by atoms with E-state index in [0.29, 0.717) is 17.0 Å². The summed E-state index contributed by atoms with van der Waals surface area (Å²) in [6.45, 7) is 0. The number of ether oxygens (including phenoxy) is 2. The fourth-order valence-corrected chi connectivity index (χ4v) is 8.47. The number of phenols is 1. The first-order valence-corrected chi connectivity index (χ1v) is 14.8. The number of anilines is 1. The molecule has 41 heavy (non-hydrogen) atoms. The van der Waals surface area contributed by atoms with E-state index in [2.05, 4.69) is 15.9 Å². The van der Waals surface area contributed by atoms with Crippen LogP contribution in [0.15, 0.2) is 54.1 Å². The van der Waals surface area contributed by atoms with Gasteiger partial charge in [0, 0.05) is 23.6 Å². The molecule has 12 heteroatoms. The standard InChI is InChI=1S/C29H25BrCl2N2O7/c1-40-15-10-19(35)22(20(11-15)41-2)23-16-8-9-17-21(25(37)34(24(17)36)14-6-4-3-5-7-14)18(16)12-28(31)26(38)33(13-30)27(39)29(23,28)32/h3-8,10-11,17-18,21,23,35H,9,12-13H2,1-2H3/t17-,18+,21-,23+,28+,29-/m0/s1. The second-order valence-electron chi connectivity index (χ2n) is 10.6. The molecule has 214 valence electrons. The molecule has 0 spiro atoms. The summed E-state index contributed by atoms with van der Waals surface area (Å²) in [5.74, 6) is -5.49. The number of phenolic OH excluding ortho intramolecular Hbond substituents is 1. The molecule has 1 N–H and O–H groups in total. The van der Waals surface area contributed by atoms with Crippen LogP contribution in [0, 0.1) is 17.8 Å². The molecule has 2 heterocycles. The Morgan fingerprint density at radius 3 is 2.34 bits per heavy atom. The van der Waals surface area contributed by atoms with E-state index in [1.165, 1.54) is 31.3 Å². The number of para-hydroxylation sites is 1. The number of allylic oxidation sites excluding steroid dienone is 2. The Kier molecular flexibility index (Phi) is 6.67. The SMILES string of the molecule is COc1cc(O)c([C@H]2C3=CC[C@@H]4C(=O)N(c5ccccc5)C(=O)[C@@H]4[C@@H]3C[C@@]3(Cl)C(=O)N(CBr)C(=O)[C@@]23Cl)c(OC)c1. The number of alkyl halides is 3.